The zero-order valence-corrected chi connectivity index (χ0v) is 13.0. The molecule has 0 amide bonds. The van der Waals surface area contributed by atoms with Crippen LogP contribution in [0.5, 0.6) is 0 Å². The van der Waals surface area contributed by atoms with Crippen molar-refractivity contribution >= 4 is 10.0 Å². The fraction of sp³-hybridized carbons (Fsp3) is 0.250. The van der Waals surface area contributed by atoms with E-state index in [1.165, 1.54) is 23.3 Å². The van der Waals surface area contributed by atoms with E-state index in [2.05, 4.69) is 10.0 Å². The molecule has 1 heterocycles. The highest BCUT2D eigenvalue weighted by Gasteiger charge is 2.16. The van der Waals surface area contributed by atoms with Gasteiger partial charge in [-0.05, 0) is 47.4 Å². The Morgan fingerprint density at radius 2 is 1.91 bits per heavy atom. The molecule has 4 nitrogen and oxygen atoms in total. The number of halogens is 1. The van der Waals surface area contributed by atoms with E-state index in [-0.39, 0.29) is 11.4 Å². The van der Waals surface area contributed by atoms with Gasteiger partial charge in [0.1, 0.15) is 5.82 Å². The van der Waals surface area contributed by atoms with Gasteiger partial charge in [-0.25, -0.2) is 17.5 Å². The van der Waals surface area contributed by atoms with E-state index in [0.29, 0.717) is 5.56 Å². The summed E-state index contributed by atoms with van der Waals surface area (Å²) in [6.45, 7) is 3.50. The van der Waals surface area contributed by atoms with Crippen molar-refractivity contribution in [3.05, 3.63) is 64.5 Å². The smallest absolute Gasteiger partial charge is 0.240 e. The van der Waals surface area contributed by atoms with Crippen LogP contribution < -0.4 is 10.0 Å². The molecule has 0 unspecified atom stereocenters. The molecule has 0 spiro atoms. The Labute approximate surface area is 129 Å². The summed E-state index contributed by atoms with van der Waals surface area (Å²) >= 11 is 0. The normalized spacial score (nSPS) is 14.1. The highest BCUT2D eigenvalue weighted by molar-refractivity contribution is 7.89. The number of hydrogen-bond acceptors (Lipinski definition) is 3. The molecule has 0 radical (unpaired) electrons. The first kappa shape index (κ1) is 15.1. The van der Waals surface area contributed by atoms with Crippen LogP contribution in [0.25, 0.3) is 0 Å². The van der Waals surface area contributed by atoms with E-state index >= 15 is 0 Å². The molecule has 0 atom stereocenters. The molecule has 0 aromatic heterocycles. The van der Waals surface area contributed by atoms with Gasteiger partial charge in [0.2, 0.25) is 10.0 Å². The third-order valence-electron chi connectivity index (χ3n) is 3.69. The fourth-order valence-corrected chi connectivity index (χ4v) is 3.71. The Hall–Kier alpha value is -1.76. The van der Waals surface area contributed by atoms with Gasteiger partial charge in [-0.3, -0.25) is 0 Å². The van der Waals surface area contributed by atoms with E-state index in [4.69, 9.17) is 0 Å². The summed E-state index contributed by atoms with van der Waals surface area (Å²) in [5, 5.41) is 3.25. The third kappa shape index (κ3) is 3.19. The maximum atomic E-state index is 13.4. The molecule has 0 bridgehead atoms. The molecule has 0 saturated carbocycles. The fourth-order valence-electron chi connectivity index (χ4n) is 2.58. The van der Waals surface area contributed by atoms with Crippen molar-refractivity contribution in [1.82, 2.24) is 10.0 Å². The highest BCUT2D eigenvalue weighted by atomic mass is 32.2. The van der Waals surface area contributed by atoms with Gasteiger partial charge < -0.3 is 5.32 Å². The maximum Gasteiger partial charge on any atom is 0.240 e. The predicted molar refractivity (Wildman–Crippen MR) is 82.1 cm³/mol. The van der Waals surface area contributed by atoms with E-state index in [1.807, 2.05) is 18.2 Å². The molecule has 0 saturated heterocycles. The Morgan fingerprint density at radius 3 is 2.68 bits per heavy atom. The first-order valence-corrected chi connectivity index (χ1v) is 8.51. The SMILES string of the molecule is Cc1cc(F)cc(S(=O)(=O)NCc2ccc3c(c2)CNC3)c1. The summed E-state index contributed by atoms with van der Waals surface area (Å²) in [5.74, 6) is -0.552. The molecule has 1 aliphatic heterocycles. The lowest BCUT2D eigenvalue weighted by Gasteiger charge is -2.09. The zero-order chi connectivity index (χ0) is 15.7. The maximum absolute atomic E-state index is 13.4. The van der Waals surface area contributed by atoms with E-state index in [9.17, 15) is 12.8 Å². The van der Waals surface area contributed by atoms with Crippen LogP contribution in [0.3, 0.4) is 0 Å². The van der Waals surface area contributed by atoms with Crippen LogP contribution >= 0.6 is 0 Å². The van der Waals surface area contributed by atoms with Crippen LogP contribution in [0.15, 0.2) is 41.3 Å². The van der Waals surface area contributed by atoms with Gasteiger partial charge in [0.15, 0.2) is 0 Å². The number of sulfonamides is 1. The van der Waals surface area contributed by atoms with Gasteiger partial charge in [0.25, 0.3) is 0 Å². The third-order valence-corrected chi connectivity index (χ3v) is 5.07. The monoisotopic (exact) mass is 320 g/mol. The van der Waals surface area contributed by atoms with Crippen LogP contribution in [0.2, 0.25) is 0 Å². The minimum absolute atomic E-state index is 0.0483. The van der Waals surface area contributed by atoms with Crippen LogP contribution in [-0.4, -0.2) is 8.42 Å². The van der Waals surface area contributed by atoms with Crippen molar-refractivity contribution in [3.8, 4) is 0 Å². The molecule has 3 rings (SSSR count). The van der Waals surface area contributed by atoms with Gasteiger partial charge in [-0.1, -0.05) is 18.2 Å². The summed E-state index contributed by atoms with van der Waals surface area (Å²) in [5.41, 5.74) is 3.90. The number of nitrogens with one attached hydrogen (secondary N) is 2. The molecule has 2 aromatic rings. The summed E-state index contributed by atoms with van der Waals surface area (Å²) in [6, 6.07) is 9.69. The standard InChI is InChI=1S/C16H17FN2O2S/c1-11-4-15(17)7-16(5-11)22(20,21)19-8-12-2-3-13-9-18-10-14(13)6-12/h2-7,18-19H,8-10H2,1H3. The number of aryl methyl sites for hydroxylation is 1. The molecule has 22 heavy (non-hydrogen) atoms. The lowest BCUT2D eigenvalue weighted by atomic mass is 10.1. The first-order chi connectivity index (χ1) is 10.4. The Balaban J connectivity index is 1.77. The molecule has 6 heteroatoms. The van der Waals surface area contributed by atoms with Crippen molar-refractivity contribution in [2.45, 2.75) is 31.5 Å². The Kier molecular flexibility index (Phi) is 3.99. The highest BCUT2D eigenvalue weighted by Crippen LogP contribution is 2.18. The molecule has 2 N–H and O–H groups in total. The van der Waals surface area contributed by atoms with Gasteiger partial charge in [0.05, 0.1) is 4.90 Å². The van der Waals surface area contributed by atoms with Crippen LogP contribution in [0.4, 0.5) is 4.39 Å². The quantitative estimate of drug-likeness (QED) is 0.908. The second-order valence-electron chi connectivity index (χ2n) is 5.50. The lowest BCUT2D eigenvalue weighted by molar-refractivity contribution is 0.577. The summed E-state index contributed by atoms with van der Waals surface area (Å²) in [4.78, 5) is -0.0483. The van der Waals surface area contributed by atoms with Crippen LogP contribution in [-0.2, 0) is 29.7 Å². The van der Waals surface area contributed by atoms with Gasteiger partial charge >= 0.3 is 0 Å². The second kappa shape index (κ2) is 5.79. The number of benzene rings is 2. The Morgan fingerprint density at radius 1 is 1.14 bits per heavy atom. The molecule has 0 fully saturated rings. The van der Waals surface area contributed by atoms with Crippen LogP contribution in [0, 0.1) is 12.7 Å². The number of rotatable bonds is 4. The largest absolute Gasteiger partial charge is 0.309 e. The van der Waals surface area contributed by atoms with Gasteiger partial charge in [-0.15, -0.1) is 0 Å². The van der Waals surface area contributed by atoms with E-state index < -0.39 is 15.8 Å². The molecule has 2 aromatic carbocycles. The lowest BCUT2D eigenvalue weighted by Crippen LogP contribution is -2.23. The minimum atomic E-state index is -3.72. The van der Waals surface area contributed by atoms with Crippen molar-refractivity contribution in [1.29, 1.82) is 0 Å². The van der Waals surface area contributed by atoms with Crippen molar-refractivity contribution in [3.63, 3.8) is 0 Å². The minimum Gasteiger partial charge on any atom is -0.309 e. The predicted octanol–water partition coefficient (Wildman–Crippen LogP) is 2.22. The van der Waals surface area contributed by atoms with Gasteiger partial charge in [0, 0.05) is 19.6 Å². The van der Waals surface area contributed by atoms with Crippen molar-refractivity contribution < 1.29 is 12.8 Å². The summed E-state index contributed by atoms with van der Waals surface area (Å²) < 4.78 is 40.4. The molecule has 0 aliphatic carbocycles. The van der Waals surface area contributed by atoms with Crippen LogP contribution in [0.1, 0.15) is 22.3 Å². The van der Waals surface area contributed by atoms with Crippen molar-refractivity contribution in [2.24, 2.45) is 0 Å². The molecular weight excluding hydrogens is 303 g/mol. The number of fused-ring (bicyclic) bond motifs is 1. The molecule has 116 valence electrons. The van der Waals surface area contributed by atoms with E-state index in [0.717, 1.165) is 24.7 Å². The molecule has 1 aliphatic rings. The van der Waals surface area contributed by atoms with E-state index in [1.54, 1.807) is 6.92 Å². The summed E-state index contributed by atoms with van der Waals surface area (Å²) in [6.07, 6.45) is 0. The first-order valence-electron chi connectivity index (χ1n) is 7.02. The Bertz CT molecular complexity index is 799. The average Bonchev–Trinajstić information content (AvgIpc) is 2.91. The second-order valence-corrected chi connectivity index (χ2v) is 7.26. The van der Waals surface area contributed by atoms with Crippen molar-refractivity contribution in [2.75, 3.05) is 0 Å². The summed E-state index contributed by atoms with van der Waals surface area (Å²) in [7, 11) is -3.72. The average molecular weight is 320 g/mol. The zero-order valence-electron chi connectivity index (χ0n) is 12.2. The number of hydrogen-bond donors (Lipinski definition) is 2. The topological polar surface area (TPSA) is 58.2 Å². The van der Waals surface area contributed by atoms with Gasteiger partial charge in [-0.2, -0.15) is 0 Å². The molecular formula is C16H17FN2O2S.